The number of benzene rings is 1. The highest BCUT2D eigenvalue weighted by molar-refractivity contribution is 7.80. The number of rotatable bonds is 3. The number of nitrogens with zero attached hydrogens (tertiary/aromatic N) is 2. The average molecular weight is 310 g/mol. The van der Waals surface area contributed by atoms with Crippen LogP contribution in [-0.2, 0) is 9.53 Å². The first-order valence-electron chi connectivity index (χ1n) is 7.22. The molecular formula is C15H19FN2O2S. The van der Waals surface area contributed by atoms with E-state index >= 15 is 0 Å². The Kier molecular flexibility index (Phi) is 4.35. The van der Waals surface area contributed by atoms with Crippen LogP contribution in [0.15, 0.2) is 18.2 Å². The smallest absolute Gasteiger partial charge is 0.227 e. The summed E-state index contributed by atoms with van der Waals surface area (Å²) in [6, 6.07) is 5.05. The maximum absolute atomic E-state index is 14.4. The number of morpholine rings is 1. The number of halogens is 1. The van der Waals surface area contributed by atoms with Crippen molar-refractivity contribution in [2.45, 2.75) is 6.42 Å². The number of ether oxygens (including phenoxy) is 1. The molecule has 0 bridgehead atoms. The van der Waals surface area contributed by atoms with E-state index < -0.39 is 0 Å². The Hall–Kier alpha value is -1.27. The van der Waals surface area contributed by atoms with E-state index in [2.05, 4.69) is 12.6 Å². The molecule has 0 saturated carbocycles. The van der Waals surface area contributed by atoms with Gasteiger partial charge in [0.1, 0.15) is 5.82 Å². The molecule has 2 aliphatic rings. The number of hydrogen-bond acceptors (Lipinski definition) is 4. The van der Waals surface area contributed by atoms with Gasteiger partial charge in [-0.3, -0.25) is 4.79 Å². The van der Waals surface area contributed by atoms with Gasteiger partial charge in [0.15, 0.2) is 0 Å². The second-order valence-electron chi connectivity index (χ2n) is 5.49. The number of anilines is 2. The highest BCUT2D eigenvalue weighted by Crippen LogP contribution is 2.30. The summed E-state index contributed by atoms with van der Waals surface area (Å²) in [6.07, 6.45) is 0.496. The molecule has 0 spiro atoms. The van der Waals surface area contributed by atoms with Crippen molar-refractivity contribution in [3.05, 3.63) is 24.0 Å². The molecule has 1 aromatic rings. The zero-order chi connectivity index (χ0) is 14.8. The van der Waals surface area contributed by atoms with Crippen molar-refractivity contribution in [3.8, 4) is 0 Å². The summed E-state index contributed by atoms with van der Waals surface area (Å²) in [7, 11) is 0. The second kappa shape index (κ2) is 6.23. The zero-order valence-corrected chi connectivity index (χ0v) is 12.7. The fraction of sp³-hybridized carbons (Fsp3) is 0.533. The normalized spacial score (nSPS) is 23.0. The fourth-order valence-electron chi connectivity index (χ4n) is 2.88. The van der Waals surface area contributed by atoms with E-state index in [0.29, 0.717) is 56.4 Å². The molecule has 1 atom stereocenters. The SMILES string of the molecule is O=C1CC(CS)CN1c1ccc(N2CCOCC2)c(F)c1. The summed E-state index contributed by atoms with van der Waals surface area (Å²) in [5.74, 6) is 0.697. The van der Waals surface area contributed by atoms with Crippen LogP contribution in [0.1, 0.15) is 6.42 Å². The molecule has 0 N–H and O–H groups in total. The van der Waals surface area contributed by atoms with Gasteiger partial charge in [-0.1, -0.05) is 0 Å². The van der Waals surface area contributed by atoms with Gasteiger partial charge < -0.3 is 14.5 Å². The van der Waals surface area contributed by atoms with E-state index in [1.54, 1.807) is 11.0 Å². The van der Waals surface area contributed by atoms with Crippen LogP contribution < -0.4 is 9.80 Å². The third-order valence-corrected chi connectivity index (χ3v) is 4.57. The molecule has 1 aromatic carbocycles. The van der Waals surface area contributed by atoms with Crippen molar-refractivity contribution in [1.29, 1.82) is 0 Å². The van der Waals surface area contributed by atoms with Crippen molar-refractivity contribution in [3.63, 3.8) is 0 Å². The lowest BCUT2D eigenvalue weighted by atomic mass is 10.1. The molecule has 0 radical (unpaired) electrons. The summed E-state index contributed by atoms with van der Waals surface area (Å²) in [5.41, 5.74) is 1.22. The molecule has 2 fully saturated rings. The van der Waals surface area contributed by atoms with Crippen LogP contribution in [0.5, 0.6) is 0 Å². The molecule has 2 aliphatic heterocycles. The Morgan fingerprint density at radius 3 is 2.71 bits per heavy atom. The molecule has 3 rings (SSSR count). The van der Waals surface area contributed by atoms with Gasteiger partial charge in [0.05, 0.1) is 18.9 Å². The molecule has 114 valence electrons. The van der Waals surface area contributed by atoms with Crippen LogP contribution in [-0.4, -0.2) is 44.5 Å². The van der Waals surface area contributed by atoms with Gasteiger partial charge in [-0.15, -0.1) is 0 Å². The van der Waals surface area contributed by atoms with E-state index in [1.807, 2.05) is 11.0 Å². The summed E-state index contributed by atoms with van der Waals surface area (Å²) in [4.78, 5) is 15.6. The van der Waals surface area contributed by atoms with Crippen molar-refractivity contribution >= 4 is 29.9 Å². The fourth-order valence-corrected chi connectivity index (χ4v) is 3.12. The Balaban J connectivity index is 1.79. The first-order valence-corrected chi connectivity index (χ1v) is 7.85. The zero-order valence-electron chi connectivity index (χ0n) is 11.8. The van der Waals surface area contributed by atoms with Gasteiger partial charge >= 0.3 is 0 Å². The summed E-state index contributed by atoms with van der Waals surface area (Å²) >= 11 is 4.24. The van der Waals surface area contributed by atoms with Gasteiger partial charge in [-0.25, -0.2) is 4.39 Å². The van der Waals surface area contributed by atoms with Crippen molar-refractivity contribution in [2.24, 2.45) is 5.92 Å². The number of thiol groups is 1. The van der Waals surface area contributed by atoms with Gasteiger partial charge in [0.2, 0.25) is 5.91 Å². The van der Waals surface area contributed by atoms with Crippen molar-refractivity contribution in [2.75, 3.05) is 48.4 Å². The van der Waals surface area contributed by atoms with Crippen LogP contribution in [0.3, 0.4) is 0 Å². The maximum Gasteiger partial charge on any atom is 0.227 e. The van der Waals surface area contributed by atoms with Crippen LogP contribution in [0.4, 0.5) is 15.8 Å². The molecule has 0 aromatic heterocycles. The summed E-state index contributed by atoms with van der Waals surface area (Å²) < 4.78 is 19.6. The molecule has 1 amide bonds. The lowest BCUT2D eigenvalue weighted by Gasteiger charge is -2.29. The van der Waals surface area contributed by atoms with E-state index in [9.17, 15) is 9.18 Å². The van der Waals surface area contributed by atoms with Crippen molar-refractivity contribution < 1.29 is 13.9 Å². The first kappa shape index (κ1) is 14.7. The number of carbonyl (C=O) groups excluding carboxylic acids is 1. The topological polar surface area (TPSA) is 32.8 Å². The van der Waals surface area contributed by atoms with Crippen LogP contribution in [0.25, 0.3) is 0 Å². The largest absolute Gasteiger partial charge is 0.378 e. The predicted octanol–water partition coefficient (Wildman–Crippen LogP) is 1.95. The van der Waals surface area contributed by atoms with E-state index in [0.717, 1.165) is 0 Å². The Morgan fingerprint density at radius 1 is 1.33 bits per heavy atom. The van der Waals surface area contributed by atoms with Gasteiger partial charge in [-0.05, 0) is 29.9 Å². The Labute approximate surface area is 129 Å². The Bertz CT molecular complexity index is 534. The van der Waals surface area contributed by atoms with E-state index in [4.69, 9.17) is 4.74 Å². The molecule has 0 aliphatic carbocycles. The molecule has 6 heteroatoms. The minimum atomic E-state index is -0.281. The van der Waals surface area contributed by atoms with Gasteiger partial charge in [-0.2, -0.15) is 12.6 Å². The quantitative estimate of drug-likeness (QED) is 0.866. The lowest BCUT2D eigenvalue weighted by molar-refractivity contribution is -0.117. The average Bonchev–Trinajstić information content (AvgIpc) is 2.89. The van der Waals surface area contributed by atoms with Crippen LogP contribution >= 0.6 is 12.6 Å². The number of carbonyl (C=O) groups is 1. The van der Waals surface area contributed by atoms with E-state index in [-0.39, 0.29) is 17.6 Å². The molecule has 4 nitrogen and oxygen atoms in total. The van der Waals surface area contributed by atoms with Crippen LogP contribution in [0.2, 0.25) is 0 Å². The molecule has 2 heterocycles. The summed E-state index contributed by atoms with van der Waals surface area (Å²) in [6.45, 7) is 3.25. The van der Waals surface area contributed by atoms with Crippen molar-refractivity contribution in [1.82, 2.24) is 0 Å². The van der Waals surface area contributed by atoms with E-state index in [1.165, 1.54) is 6.07 Å². The minimum Gasteiger partial charge on any atom is -0.378 e. The predicted molar refractivity (Wildman–Crippen MR) is 83.7 cm³/mol. The molecule has 1 unspecified atom stereocenters. The van der Waals surface area contributed by atoms with Gasteiger partial charge in [0.25, 0.3) is 0 Å². The first-order chi connectivity index (χ1) is 10.2. The third-order valence-electron chi connectivity index (χ3n) is 4.06. The van der Waals surface area contributed by atoms with Crippen LogP contribution in [0, 0.1) is 11.7 Å². The highest BCUT2D eigenvalue weighted by atomic mass is 32.1. The molecule has 21 heavy (non-hydrogen) atoms. The standard InChI is InChI=1S/C15H19FN2O2S/c16-13-8-12(18-9-11(10-21)7-15(18)19)1-2-14(13)17-3-5-20-6-4-17/h1-2,8,11,21H,3-7,9-10H2. The number of hydrogen-bond donors (Lipinski definition) is 1. The lowest BCUT2D eigenvalue weighted by Crippen LogP contribution is -2.36. The minimum absolute atomic E-state index is 0.0487. The monoisotopic (exact) mass is 310 g/mol. The third kappa shape index (κ3) is 3.01. The number of amides is 1. The molecular weight excluding hydrogens is 291 g/mol. The Morgan fingerprint density at radius 2 is 2.10 bits per heavy atom. The van der Waals surface area contributed by atoms with Gasteiger partial charge in [0, 0.05) is 31.7 Å². The highest BCUT2D eigenvalue weighted by Gasteiger charge is 2.30. The molecule has 2 saturated heterocycles. The maximum atomic E-state index is 14.4. The summed E-state index contributed by atoms with van der Waals surface area (Å²) in [5, 5.41) is 0. The second-order valence-corrected chi connectivity index (χ2v) is 5.86.